The number of ether oxygens (including phenoxy) is 3. The Balaban J connectivity index is 1.67. The number of aryl methyl sites for hydroxylation is 2. The number of anilines is 1. The summed E-state index contributed by atoms with van der Waals surface area (Å²) in [7, 11) is 3.27. The Hall–Kier alpha value is -3.32. The van der Waals surface area contributed by atoms with E-state index in [9.17, 15) is 4.39 Å². The lowest BCUT2D eigenvalue weighted by Crippen LogP contribution is -2.44. The van der Waals surface area contributed by atoms with Crippen LogP contribution in [0.3, 0.4) is 0 Å². The van der Waals surface area contributed by atoms with Crippen LogP contribution >= 0.6 is 12.2 Å². The second-order valence-electron chi connectivity index (χ2n) is 8.52. The van der Waals surface area contributed by atoms with Crippen LogP contribution in [0.25, 0.3) is 0 Å². The van der Waals surface area contributed by atoms with Crippen molar-refractivity contribution in [1.82, 2.24) is 4.90 Å². The van der Waals surface area contributed by atoms with Crippen LogP contribution in [0.4, 0.5) is 10.1 Å². The fraction of sp³-hybridized carbons (Fsp3) is 0.321. The summed E-state index contributed by atoms with van der Waals surface area (Å²) >= 11 is 5.94. The first-order valence-electron chi connectivity index (χ1n) is 11.7. The average molecular weight is 495 g/mol. The Morgan fingerprint density at radius 2 is 1.80 bits per heavy atom. The number of thiocarbonyl (C=S) groups is 1. The molecule has 1 aliphatic rings. The summed E-state index contributed by atoms with van der Waals surface area (Å²) in [5.41, 5.74) is 5.65. The van der Waals surface area contributed by atoms with Gasteiger partial charge in [-0.25, -0.2) is 4.39 Å². The van der Waals surface area contributed by atoms with E-state index in [-0.39, 0.29) is 11.9 Å². The lowest BCUT2D eigenvalue weighted by Gasteiger charge is -2.39. The molecule has 5 nitrogen and oxygen atoms in total. The highest BCUT2D eigenvalue weighted by molar-refractivity contribution is 7.80. The SMILES string of the molecule is CCc1cccc(C)c1NC(=S)N1CCc2cc(OC)c(OC)cc2C1COc1ccc(F)cc1. The third-order valence-electron chi connectivity index (χ3n) is 6.46. The van der Waals surface area contributed by atoms with E-state index in [0.717, 1.165) is 36.2 Å². The zero-order chi connectivity index (χ0) is 24.9. The number of nitrogens with one attached hydrogen (secondary N) is 1. The number of para-hydroxylation sites is 1. The zero-order valence-corrected chi connectivity index (χ0v) is 21.4. The number of halogens is 1. The van der Waals surface area contributed by atoms with Gasteiger partial charge in [0.15, 0.2) is 16.6 Å². The predicted molar refractivity (Wildman–Crippen MR) is 141 cm³/mol. The van der Waals surface area contributed by atoms with Gasteiger partial charge < -0.3 is 24.4 Å². The summed E-state index contributed by atoms with van der Waals surface area (Å²) in [6.07, 6.45) is 1.71. The molecule has 0 amide bonds. The van der Waals surface area contributed by atoms with Gasteiger partial charge in [-0.05, 0) is 90.6 Å². The highest BCUT2D eigenvalue weighted by Crippen LogP contribution is 2.39. The first-order valence-corrected chi connectivity index (χ1v) is 12.1. The molecule has 184 valence electrons. The lowest BCUT2D eigenvalue weighted by atomic mass is 9.92. The molecule has 0 spiro atoms. The average Bonchev–Trinajstić information content (AvgIpc) is 2.88. The maximum absolute atomic E-state index is 13.4. The Kier molecular flexibility index (Phi) is 7.76. The van der Waals surface area contributed by atoms with Crippen molar-refractivity contribution in [3.63, 3.8) is 0 Å². The van der Waals surface area contributed by atoms with Gasteiger partial charge in [-0.15, -0.1) is 0 Å². The van der Waals surface area contributed by atoms with Crippen molar-refractivity contribution in [2.24, 2.45) is 0 Å². The monoisotopic (exact) mass is 494 g/mol. The predicted octanol–water partition coefficient (Wildman–Crippen LogP) is 6.09. The topological polar surface area (TPSA) is 43.0 Å². The normalized spacial score (nSPS) is 14.8. The van der Waals surface area contributed by atoms with Crippen LogP contribution in [0.2, 0.25) is 0 Å². The van der Waals surface area contributed by atoms with E-state index in [2.05, 4.69) is 42.3 Å². The molecule has 0 fully saturated rings. The Morgan fingerprint density at radius 1 is 1.09 bits per heavy atom. The molecule has 0 aromatic heterocycles. The van der Waals surface area contributed by atoms with Crippen molar-refractivity contribution in [1.29, 1.82) is 0 Å². The Bertz CT molecular complexity index is 1200. The number of hydrogen-bond acceptors (Lipinski definition) is 4. The highest BCUT2D eigenvalue weighted by atomic mass is 32.1. The van der Waals surface area contributed by atoms with Gasteiger partial charge in [0.2, 0.25) is 0 Å². The van der Waals surface area contributed by atoms with Gasteiger partial charge in [0.1, 0.15) is 18.2 Å². The highest BCUT2D eigenvalue weighted by Gasteiger charge is 2.32. The zero-order valence-electron chi connectivity index (χ0n) is 20.6. The molecule has 35 heavy (non-hydrogen) atoms. The molecular weight excluding hydrogens is 463 g/mol. The maximum Gasteiger partial charge on any atom is 0.174 e. The van der Waals surface area contributed by atoms with Crippen LogP contribution in [0.5, 0.6) is 17.2 Å². The smallest absolute Gasteiger partial charge is 0.174 e. The van der Waals surface area contributed by atoms with Crippen LogP contribution in [-0.4, -0.2) is 37.4 Å². The fourth-order valence-electron chi connectivity index (χ4n) is 4.54. The number of hydrogen-bond donors (Lipinski definition) is 1. The molecule has 1 heterocycles. The number of methoxy groups -OCH3 is 2. The molecule has 4 rings (SSSR count). The Morgan fingerprint density at radius 3 is 2.49 bits per heavy atom. The van der Waals surface area contributed by atoms with Crippen LogP contribution < -0.4 is 19.5 Å². The van der Waals surface area contributed by atoms with Crippen molar-refractivity contribution in [2.75, 3.05) is 32.7 Å². The second kappa shape index (κ2) is 11.0. The summed E-state index contributed by atoms with van der Waals surface area (Å²) in [6.45, 7) is 5.28. The summed E-state index contributed by atoms with van der Waals surface area (Å²) in [4.78, 5) is 2.17. The van der Waals surface area contributed by atoms with Gasteiger partial charge in [-0.3, -0.25) is 0 Å². The van der Waals surface area contributed by atoms with Crippen LogP contribution in [0, 0.1) is 12.7 Å². The first-order chi connectivity index (χ1) is 16.9. The molecule has 0 aliphatic carbocycles. The summed E-state index contributed by atoms with van der Waals surface area (Å²) in [6, 6.07) is 16.2. The number of rotatable bonds is 7. The summed E-state index contributed by atoms with van der Waals surface area (Å²) in [5, 5.41) is 4.15. The van der Waals surface area contributed by atoms with Crippen LogP contribution in [-0.2, 0) is 12.8 Å². The first kappa shape index (κ1) is 24.8. The number of fused-ring (bicyclic) bond motifs is 1. The number of nitrogens with zero attached hydrogens (tertiary/aromatic N) is 1. The summed E-state index contributed by atoms with van der Waals surface area (Å²) in [5.74, 6) is 1.66. The van der Waals surface area contributed by atoms with Gasteiger partial charge in [-0.2, -0.15) is 0 Å². The minimum absolute atomic E-state index is 0.169. The van der Waals surface area contributed by atoms with E-state index in [0.29, 0.717) is 29.0 Å². The molecule has 0 radical (unpaired) electrons. The van der Waals surface area contributed by atoms with Crippen molar-refractivity contribution in [2.45, 2.75) is 32.7 Å². The van der Waals surface area contributed by atoms with Crippen LogP contribution in [0.15, 0.2) is 54.6 Å². The van der Waals surface area contributed by atoms with Gasteiger partial charge >= 0.3 is 0 Å². The standard InChI is InChI=1S/C28H31FN2O3S/c1-5-19-8-6-7-18(2)27(19)30-28(35)31-14-13-20-15-25(32-3)26(33-4)16-23(20)24(31)17-34-22-11-9-21(29)10-12-22/h6-12,15-16,24H,5,13-14,17H2,1-4H3,(H,30,35). The van der Waals surface area contributed by atoms with E-state index in [1.807, 2.05) is 12.1 Å². The molecule has 3 aromatic rings. The van der Waals surface area contributed by atoms with E-state index < -0.39 is 0 Å². The molecule has 1 atom stereocenters. The maximum atomic E-state index is 13.4. The van der Waals surface area contributed by atoms with E-state index >= 15 is 0 Å². The third-order valence-corrected chi connectivity index (χ3v) is 6.79. The van der Waals surface area contributed by atoms with Crippen molar-refractivity contribution < 1.29 is 18.6 Å². The minimum Gasteiger partial charge on any atom is -0.493 e. The largest absolute Gasteiger partial charge is 0.493 e. The molecular formula is C28H31FN2O3S. The van der Waals surface area contributed by atoms with Gasteiger partial charge in [-0.1, -0.05) is 25.1 Å². The number of benzene rings is 3. The fourth-order valence-corrected chi connectivity index (χ4v) is 4.86. The van der Waals surface area contributed by atoms with E-state index in [1.54, 1.807) is 26.4 Å². The van der Waals surface area contributed by atoms with Crippen molar-refractivity contribution in [3.05, 3.63) is 82.7 Å². The third kappa shape index (κ3) is 5.35. The summed E-state index contributed by atoms with van der Waals surface area (Å²) < 4.78 is 30.6. The van der Waals surface area contributed by atoms with Gasteiger partial charge in [0, 0.05) is 12.2 Å². The van der Waals surface area contributed by atoms with Gasteiger partial charge in [0.25, 0.3) is 0 Å². The molecule has 1 N–H and O–H groups in total. The van der Waals surface area contributed by atoms with Crippen molar-refractivity contribution >= 4 is 23.0 Å². The quantitative estimate of drug-likeness (QED) is 0.401. The Labute approximate surface area is 211 Å². The molecule has 7 heteroatoms. The molecule has 1 aliphatic heterocycles. The molecule has 0 saturated heterocycles. The lowest BCUT2D eigenvalue weighted by molar-refractivity contribution is 0.190. The second-order valence-corrected chi connectivity index (χ2v) is 8.91. The minimum atomic E-state index is -0.297. The van der Waals surface area contributed by atoms with Crippen molar-refractivity contribution in [3.8, 4) is 17.2 Å². The molecule has 0 saturated carbocycles. The molecule has 3 aromatic carbocycles. The van der Waals surface area contributed by atoms with Crippen LogP contribution in [0.1, 0.15) is 35.2 Å². The van der Waals surface area contributed by atoms with E-state index in [1.165, 1.54) is 23.3 Å². The van der Waals surface area contributed by atoms with Gasteiger partial charge in [0.05, 0.1) is 20.3 Å². The molecule has 0 bridgehead atoms. The molecule has 1 unspecified atom stereocenters. The van der Waals surface area contributed by atoms with E-state index in [4.69, 9.17) is 26.4 Å².